The van der Waals surface area contributed by atoms with Crippen LogP contribution in [-0.2, 0) is 84.3 Å². The zero-order chi connectivity index (χ0) is 90.2. The summed E-state index contributed by atoms with van der Waals surface area (Å²) in [5.74, 6) is 2.66. The molecule has 9 heterocycles. The second kappa shape index (κ2) is 36.0. The van der Waals surface area contributed by atoms with Gasteiger partial charge >= 0.3 is 0 Å². The van der Waals surface area contributed by atoms with Crippen LogP contribution in [0.1, 0.15) is 0 Å². The molecule has 27 rings (SSSR count). The van der Waals surface area contributed by atoms with Crippen LogP contribution in [-0.4, -0.2) is 63.5 Å². The number of hydrogen-bond donors (Lipinski definition) is 0. The molecule has 138 heavy (non-hydrogen) atoms. The smallest absolute Gasteiger partial charge is 0.0777 e. The minimum atomic E-state index is 0. The van der Waals surface area contributed by atoms with Crippen molar-refractivity contribution in [1.29, 1.82) is 0 Å². The van der Waals surface area contributed by atoms with Gasteiger partial charge < -0.3 is 56.8 Å². The van der Waals surface area contributed by atoms with Gasteiger partial charge in [-0.3, -0.25) is 15.0 Å². The molecule has 0 radical (unpaired) electrons. The standard InChI is InChI=1S/3C40H28N5.3Pt/c1-42-26-44(37-21-9-8-20-36(37)42)29-14-10-15-30(25-29)45-35-19-7-6-16-32(35)33-23-22-28(24-38(33)45)40-41-34-18-11-17-31(39(34)43(40)2)27-12-4-3-5-13-27;1-42-26-44(38-18-9-8-17-37(38)42)30-13-10-14-31(25-30)45-35-16-7-6-15-32(35)33-21-19-29(24-39(33)45)40-41-34-23-28(20-22-36(34)43(40)2)27-11-4-3-5-12-27;1-42-26-44(37-18-9-8-17-36(37)42)30-13-10-14-31(25-30)45-35-16-7-6-15-32(35)33-21-19-29(24-38(33)45)40-41-34-22-20-28(23-39(34)43(40)2)27-11-4-3-5-12-27;;;/h3*3-23,26H,1-2H3;;;/q3*-3;;;. The van der Waals surface area contributed by atoms with Crippen LogP contribution in [0.15, 0.2) is 382 Å². The van der Waals surface area contributed by atoms with Crippen molar-refractivity contribution in [3.8, 4) is 84.6 Å². The first kappa shape index (κ1) is 87.9. The summed E-state index contributed by atoms with van der Waals surface area (Å²) in [6, 6.07) is 156. The number of benzene rings is 18. The summed E-state index contributed by atoms with van der Waals surface area (Å²) in [5.41, 5.74) is 35.2. The molecular weight excluding hydrogens is 2240 g/mol. The first-order valence-electron chi connectivity index (χ1n) is 45.3. The van der Waals surface area contributed by atoms with Crippen molar-refractivity contribution in [2.45, 2.75) is 0 Å². The van der Waals surface area contributed by atoms with Gasteiger partial charge in [0.25, 0.3) is 0 Å². The molecule has 0 saturated heterocycles. The van der Waals surface area contributed by atoms with Gasteiger partial charge in [-0.25, -0.2) is 0 Å². The van der Waals surface area contributed by atoms with Gasteiger partial charge in [-0.1, -0.05) is 239 Å². The van der Waals surface area contributed by atoms with Crippen LogP contribution < -0.4 is 29.4 Å². The van der Waals surface area contributed by atoms with Crippen LogP contribution in [0, 0.1) is 56.4 Å². The van der Waals surface area contributed by atoms with E-state index in [0.29, 0.717) is 0 Å². The molecule has 0 N–H and O–H groups in total. The first-order chi connectivity index (χ1) is 66.4. The second-order valence-electron chi connectivity index (χ2n) is 34.6. The average Bonchev–Trinajstić information content (AvgIpc) is 1.59. The van der Waals surface area contributed by atoms with Gasteiger partial charge in [-0.15, -0.1) is 143 Å². The minimum Gasteiger partial charge on any atom is -0.504 e. The van der Waals surface area contributed by atoms with Crippen molar-refractivity contribution in [3.63, 3.8) is 0 Å². The number of aryl methyl sites for hydroxylation is 3. The molecule has 0 unspecified atom stereocenters. The van der Waals surface area contributed by atoms with Gasteiger partial charge in [0.15, 0.2) is 0 Å². The zero-order valence-corrected chi connectivity index (χ0v) is 82.6. The van der Waals surface area contributed by atoms with Gasteiger partial charge in [-0.2, -0.15) is 38.2 Å². The van der Waals surface area contributed by atoms with Crippen LogP contribution in [0.2, 0.25) is 0 Å². The number of hydrogen-bond acceptors (Lipinski definition) is 9. The summed E-state index contributed by atoms with van der Waals surface area (Å²) in [4.78, 5) is 28.4. The van der Waals surface area contributed by atoms with Crippen LogP contribution in [0.5, 0.6) is 0 Å². The molecule has 0 amide bonds. The molecule has 0 saturated carbocycles. The summed E-state index contributed by atoms with van der Waals surface area (Å²) in [5, 5.41) is 7.00. The first-order valence-corrected chi connectivity index (χ1v) is 45.3. The third-order valence-corrected chi connectivity index (χ3v) is 26.7. The Morgan fingerprint density at radius 3 is 0.978 bits per heavy atom. The van der Waals surface area contributed by atoms with Crippen molar-refractivity contribution < 1.29 is 63.2 Å². The fraction of sp³-hybridized carbons (Fsp3) is 0.0500. The number of para-hydroxylation sites is 10. The molecule has 0 spiro atoms. The maximum atomic E-state index is 5.13. The Morgan fingerprint density at radius 2 is 0.551 bits per heavy atom. The van der Waals surface area contributed by atoms with E-state index in [-0.39, 0.29) is 63.2 Å². The second-order valence-corrected chi connectivity index (χ2v) is 34.6. The number of nitrogens with zero attached hydrogens (tertiary/aromatic N) is 15. The van der Waals surface area contributed by atoms with Crippen LogP contribution >= 0.6 is 0 Å². The molecular formula is C120H84N15Pt3-9. The number of fused-ring (bicyclic) bond motifs is 15. The Kier molecular flexibility index (Phi) is 23.0. The van der Waals surface area contributed by atoms with Gasteiger partial charge in [0.2, 0.25) is 0 Å². The monoisotopic (exact) mass is 2320 g/mol. The maximum Gasteiger partial charge on any atom is 0.0777 e. The molecule has 18 heteroatoms. The van der Waals surface area contributed by atoms with Gasteiger partial charge in [0.1, 0.15) is 0 Å². The molecule has 24 aromatic rings. The van der Waals surface area contributed by atoms with E-state index < -0.39 is 0 Å². The van der Waals surface area contributed by atoms with E-state index in [2.05, 4.69) is 526 Å². The van der Waals surface area contributed by atoms with Crippen molar-refractivity contribution in [2.24, 2.45) is 21.1 Å². The summed E-state index contributed by atoms with van der Waals surface area (Å²) < 4.78 is 13.4. The van der Waals surface area contributed by atoms with E-state index in [0.717, 1.165) is 173 Å². The van der Waals surface area contributed by atoms with Crippen molar-refractivity contribution in [2.75, 3.05) is 50.5 Å². The van der Waals surface area contributed by atoms with Crippen LogP contribution in [0.3, 0.4) is 0 Å². The normalized spacial score (nSPS) is 12.7. The minimum absolute atomic E-state index is 0. The molecule has 0 atom stereocenters. The summed E-state index contributed by atoms with van der Waals surface area (Å²) in [6.07, 6.45) is 0. The third kappa shape index (κ3) is 15.0. The Morgan fingerprint density at radius 1 is 0.217 bits per heavy atom. The predicted molar refractivity (Wildman–Crippen MR) is 555 cm³/mol. The van der Waals surface area contributed by atoms with Crippen molar-refractivity contribution >= 4 is 150 Å². The molecule has 0 bridgehead atoms. The average molecular weight is 2320 g/mol. The topological polar surface area (TPSA) is 87.7 Å². The molecule has 18 aromatic carbocycles. The quantitative estimate of drug-likeness (QED) is 0.111. The fourth-order valence-electron chi connectivity index (χ4n) is 20.2. The molecule has 15 nitrogen and oxygen atoms in total. The van der Waals surface area contributed by atoms with Gasteiger partial charge in [-0.05, 0) is 167 Å². The molecule has 678 valence electrons. The predicted octanol–water partition coefficient (Wildman–Crippen LogP) is 27.9. The molecule has 6 aromatic heterocycles. The van der Waals surface area contributed by atoms with E-state index in [1.54, 1.807) is 0 Å². The Labute approximate surface area is 843 Å². The Bertz CT molecular complexity index is 8610. The molecule has 0 aliphatic carbocycles. The van der Waals surface area contributed by atoms with E-state index in [4.69, 9.17) is 15.0 Å². The molecule has 3 aliphatic rings. The van der Waals surface area contributed by atoms with Gasteiger partial charge in [0, 0.05) is 141 Å². The molecule has 3 aliphatic heterocycles. The van der Waals surface area contributed by atoms with E-state index in [1.165, 1.54) is 61.0 Å². The van der Waals surface area contributed by atoms with Crippen LogP contribution in [0.4, 0.5) is 51.2 Å². The van der Waals surface area contributed by atoms with Crippen molar-refractivity contribution in [1.82, 2.24) is 42.4 Å². The van der Waals surface area contributed by atoms with Crippen molar-refractivity contribution in [3.05, 3.63) is 439 Å². The largest absolute Gasteiger partial charge is 0.504 e. The fourth-order valence-corrected chi connectivity index (χ4v) is 20.2. The zero-order valence-electron chi connectivity index (χ0n) is 75.8. The Balaban J connectivity index is 0.000000118. The Hall–Kier alpha value is -15.4. The number of rotatable bonds is 12. The van der Waals surface area contributed by atoms with Gasteiger partial charge in [0.05, 0.1) is 50.6 Å². The number of anilines is 9. The third-order valence-electron chi connectivity index (χ3n) is 26.7. The van der Waals surface area contributed by atoms with E-state index in [9.17, 15) is 0 Å². The summed E-state index contributed by atoms with van der Waals surface area (Å²) in [7, 11) is 12.5. The summed E-state index contributed by atoms with van der Waals surface area (Å²) >= 11 is 0. The summed E-state index contributed by atoms with van der Waals surface area (Å²) in [6.45, 7) is 6.35. The molecule has 0 fully saturated rings. The van der Waals surface area contributed by atoms with Crippen LogP contribution in [0.25, 0.3) is 183 Å². The van der Waals surface area contributed by atoms with E-state index >= 15 is 0 Å². The van der Waals surface area contributed by atoms with E-state index in [1.807, 2.05) is 12.1 Å². The number of imidazole rings is 3. The SMILES string of the molecule is CN1[CH-]N(c2[c-]c(-n3c4[c-]c(-c5nc6cc(-c7ccccc7)ccc6n5C)ccc4c4ccccc43)ccc2)c2ccccc21.CN1[CH-]N(c2[c-]c(-n3c4[c-]c(-c5nc6ccc(-c7ccccc7)cc6n5C)ccc4c4ccccc43)ccc2)c2ccccc21.CN1[CH-]N(c2[c-]c(-n3c4[c-]c(-c5nc6cccc(-c7ccccc7)c6n5C)ccc4c4ccccc43)ccc2)c2ccccc21.[Pt].[Pt].[Pt]. The number of aromatic nitrogens is 9. The maximum absolute atomic E-state index is 5.13.